The van der Waals surface area contributed by atoms with E-state index in [2.05, 4.69) is 5.32 Å². The number of carboxylic acids is 1. The van der Waals surface area contributed by atoms with Gasteiger partial charge in [-0.05, 0) is 33.3 Å². The van der Waals surface area contributed by atoms with E-state index in [1.54, 1.807) is 26.8 Å². The molecule has 0 bridgehead atoms. The number of hydrogen-bond donors (Lipinski definition) is 2. The fraction of sp³-hybridized carbons (Fsp3) is 0.450. The number of hydrogen-bond acceptors (Lipinski definition) is 4. The van der Waals surface area contributed by atoms with E-state index in [0.29, 0.717) is 0 Å². The van der Waals surface area contributed by atoms with Gasteiger partial charge < -0.3 is 5.11 Å². The SMILES string of the molecule is CC1(C(=O)O)NC(C=Cc2ccccc2)C2C(=O)N(C(C)(C)C)C(=O)C21. The highest BCUT2D eigenvalue weighted by atomic mass is 16.4. The summed E-state index contributed by atoms with van der Waals surface area (Å²) in [6.07, 6.45) is 3.64. The molecule has 2 aliphatic rings. The predicted molar refractivity (Wildman–Crippen MR) is 97.0 cm³/mol. The second-order valence-electron chi connectivity index (χ2n) is 8.13. The van der Waals surface area contributed by atoms with E-state index in [4.69, 9.17) is 0 Å². The molecule has 2 N–H and O–H groups in total. The van der Waals surface area contributed by atoms with Gasteiger partial charge in [-0.15, -0.1) is 0 Å². The number of rotatable bonds is 3. The van der Waals surface area contributed by atoms with Crippen LogP contribution in [-0.2, 0) is 14.4 Å². The van der Waals surface area contributed by atoms with Crippen LogP contribution in [0.3, 0.4) is 0 Å². The molecule has 4 atom stereocenters. The average molecular weight is 356 g/mol. The van der Waals surface area contributed by atoms with Crippen LogP contribution in [0.5, 0.6) is 0 Å². The zero-order valence-corrected chi connectivity index (χ0v) is 15.4. The third kappa shape index (κ3) is 2.74. The van der Waals surface area contributed by atoms with Crippen molar-refractivity contribution in [3.63, 3.8) is 0 Å². The number of benzene rings is 1. The Kier molecular flexibility index (Phi) is 4.27. The van der Waals surface area contributed by atoms with Crippen LogP contribution in [0.25, 0.3) is 6.08 Å². The molecule has 3 rings (SSSR count). The molecule has 1 aromatic rings. The molecule has 2 heterocycles. The van der Waals surface area contributed by atoms with Gasteiger partial charge in [-0.2, -0.15) is 0 Å². The smallest absolute Gasteiger partial charge is 0.324 e. The first-order chi connectivity index (χ1) is 12.1. The van der Waals surface area contributed by atoms with Crippen molar-refractivity contribution in [2.45, 2.75) is 44.8 Å². The fourth-order valence-electron chi connectivity index (χ4n) is 3.99. The number of carbonyl (C=O) groups is 3. The molecule has 1 aromatic carbocycles. The van der Waals surface area contributed by atoms with Crippen LogP contribution in [0, 0.1) is 11.8 Å². The fourth-order valence-corrected chi connectivity index (χ4v) is 3.99. The Morgan fingerprint density at radius 2 is 1.81 bits per heavy atom. The molecule has 2 amide bonds. The Balaban J connectivity index is 2.01. The topological polar surface area (TPSA) is 86.7 Å². The van der Waals surface area contributed by atoms with Crippen molar-refractivity contribution in [1.82, 2.24) is 10.2 Å². The molecule has 26 heavy (non-hydrogen) atoms. The van der Waals surface area contributed by atoms with Gasteiger partial charge in [-0.25, -0.2) is 0 Å². The van der Waals surface area contributed by atoms with E-state index in [9.17, 15) is 19.5 Å². The maximum atomic E-state index is 13.0. The summed E-state index contributed by atoms with van der Waals surface area (Å²) in [5.41, 5.74) is -1.23. The molecule has 0 radical (unpaired) electrons. The molecular weight excluding hydrogens is 332 g/mol. The van der Waals surface area contributed by atoms with Gasteiger partial charge in [0.25, 0.3) is 0 Å². The van der Waals surface area contributed by atoms with Crippen molar-refractivity contribution in [1.29, 1.82) is 0 Å². The van der Waals surface area contributed by atoms with E-state index >= 15 is 0 Å². The number of aliphatic carboxylic acids is 1. The highest BCUT2D eigenvalue weighted by Gasteiger charge is 2.67. The lowest BCUT2D eigenvalue weighted by Crippen LogP contribution is -2.56. The molecular formula is C20H24N2O4. The first-order valence-corrected chi connectivity index (χ1v) is 8.69. The maximum absolute atomic E-state index is 13.0. The van der Waals surface area contributed by atoms with Gasteiger partial charge in [0, 0.05) is 11.6 Å². The highest BCUT2D eigenvalue weighted by Crippen LogP contribution is 2.45. The molecule has 0 aromatic heterocycles. The minimum Gasteiger partial charge on any atom is -0.480 e. The maximum Gasteiger partial charge on any atom is 0.324 e. The molecule has 4 unspecified atom stereocenters. The Hall–Kier alpha value is -2.47. The van der Waals surface area contributed by atoms with Crippen molar-refractivity contribution in [3.8, 4) is 0 Å². The summed E-state index contributed by atoms with van der Waals surface area (Å²) in [4.78, 5) is 39.1. The van der Waals surface area contributed by atoms with Gasteiger partial charge in [-0.1, -0.05) is 42.5 Å². The van der Waals surface area contributed by atoms with Crippen molar-refractivity contribution < 1.29 is 19.5 Å². The second-order valence-corrected chi connectivity index (χ2v) is 8.13. The van der Waals surface area contributed by atoms with E-state index in [0.717, 1.165) is 5.56 Å². The summed E-state index contributed by atoms with van der Waals surface area (Å²) >= 11 is 0. The summed E-state index contributed by atoms with van der Waals surface area (Å²) < 4.78 is 0. The number of nitrogens with one attached hydrogen (secondary N) is 1. The Labute approximate surface area is 152 Å². The molecule has 0 spiro atoms. The second kappa shape index (κ2) is 6.06. The summed E-state index contributed by atoms with van der Waals surface area (Å²) in [6.45, 7) is 6.83. The highest BCUT2D eigenvalue weighted by molar-refractivity contribution is 6.10. The first-order valence-electron chi connectivity index (χ1n) is 8.69. The lowest BCUT2D eigenvalue weighted by molar-refractivity contribution is -0.152. The van der Waals surface area contributed by atoms with E-state index in [-0.39, 0.29) is 5.91 Å². The van der Waals surface area contributed by atoms with Gasteiger partial charge in [0.15, 0.2) is 0 Å². The van der Waals surface area contributed by atoms with Gasteiger partial charge in [-0.3, -0.25) is 24.6 Å². The van der Waals surface area contributed by atoms with E-state index in [1.807, 2.05) is 36.4 Å². The average Bonchev–Trinajstić information content (AvgIpc) is 3.01. The summed E-state index contributed by atoms with van der Waals surface area (Å²) in [6, 6.07) is 9.02. The van der Waals surface area contributed by atoms with Crippen LogP contribution in [0.15, 0.2) is 36.4 Å². The van der Waals surface area contributed by atoms with Crippen LogP contribution >= 0.6 is 0 Å². The number of imide groups is 1. The molecule has 6 heteroatoms. The zero-order valence-electron chi connectivity index (χ0n) is 15.4. The number of likely N-dealkylation sites (tertiary alicyclic amines) is 1. The summed E-state index contributed by atoms with van der Waals surface area (Å²) in [7, 11) is 0. The minimum atomic E-state index is -1.48. The van der Waals surface area contributed by atoms with E-state index in [1.165, 1.54) is 11.8 Å². The van der Waals surface area contributed by atoms with Gasteiger partial charge in [0.2, 0.25) is 11.8 Å². The Morgan fingerprint density at radius 1 is 1.19 bits per heavy atom. The van der Waals surface area contributed by atoms with Crippen molar-refractivity contribution in [2.24, 2.45) is 11.8 Å². The van der Waals surface area contributed by atoms with Crippen molar-refractivity contribution in [3.05, 3.63) is 42.0 Å². The monoisotopic (exact) mass is 356 g/mol. The number of nitrogens with zero attached hydrogens (tertiary/aromatic N) is 1. The lowest BCUT2D eigenvalue weighted by Gasteiger charge is -2.33. The largest absolute Gasteiger partial charge is 0.480 e. The third-order valence-electron chi connectivity index (χ3n) is 5.24. The Bertz CT molecular complexity index is 781. The van der Waals surface area contributed by atoms with Crippen LogP contribution in [0.1, 0.15) is 33.3 Å². The molecule has 0 saturated carbocycles. The first kappa shape index (κ1) is 18.3. The normalized spacial score (nSPS) is 31.7. The van der Waals surface area contributed by atoms with Crippen LogP contribution in [0.4, 0.5) is 0 Å². The van der Waals surface area contributed by atoms with Gasteiger partial charge >= 0.3 is 5.97 Å². The molecule has 2 fully saturated rings. The Morgan fingerprint density at radius 3 is 2.35 bits per heavy atom. The van der Waals surface area contributed by atoms with Crippen LogP contribution in [0.2, 0.25) is 0 Å². The number of carboxylic acid groups (broad SMARTS) is 1. The molecule has 6 nitrogen and oxygen atoms in total. The van der Waals surface area contributed by atoms with Gasteiger partial charge in [0.1, 0.15) is 5.54 Å². The quantitative estimate of drug-likeness (QED) is 0.808. The van der Waals surface area contributed by atoms with Gasteiger partial charge in [0.05, 0.1) is 11.8 Å². The predicted octanol–water partition coefficient (Wildman–Crippen LogP) is 1.91. The number of fused-ring (bicyclic) bond motifs is 1. The lowest BCUT2D eigenvalue weighted by atomic mass is 9.81. The molecule has 2 aliphatic heterocycles. The standard InChI is InChI=1S/C20H24N2O4/c1-19(2,3)22-16(23)14-13(11-10-12-8-6-5-7-9-12)21-20(4,18(25)26)15(14)17(22)24/h5-11,13-15,21H,1-4H3,(H,25,26). The summed E-state index contributed by atoms with van der Waals surface area (Å²) in [5.74, 6) is -3.49. The van der Waals surface area contributed by atoms with Crippen molar-refractivity contribution in [2.75, 3.05) is 0 Å². The van der Waals surface area contributed by atoms with Crippen molar-refractivity contribution >= 4 is 23.9 Å². The van der Waals surface area contributed by atoms with Crippen LogP contribution < -0.4 is 5.32 Å². The zero-order chi connectivity index (χ0) is 19.3. The molecule has 138 valence electrons. The number of carbonyl (C=O) groups excluding carboxylic acids is 2. The molecule has 0 aliphatic carbocycles. The third-order valence-corrected chi connectivity index (χ3v) is 5.24. The van der Waals surface area contributed by atoms with E-state index < -0.39 is 40.8 Å². The summed E-state index contributed by atoms with van der Waals surface area (Å²) in [5, 5.41) is 12.8. The number of amides is 2. The minimum absolute atomic E-state index is 0.312. The van der Waals surface area contributed by atoms with Crippen LogP contribution in [-0.4, -0.2) is 44.9 Å². The molecule has 2 saturated heterocycles.